The zero-order chi connectivity index (χ0) is 13.8. The van der Waals surface area contributed by atoms with Crippen LogP contribution in [-0.4, -0.2) is 17.1 Å². The lowest BCUT2D eigenvalue weighted by molar-refractivity contribution is 0.414. The Bertz CT molecular complexity index is 552. The number of aryl methyl sites for hydroxylation is 2. The monoisotopic (exact) mass is 257 g/mol. The Morgan fingerprint density at radius 3 is 2.37 bits per heavy atom. The fraction of sp³-hybridized carbons (Fsp3) is 0.333. The van der Waals surface area contributed by atoms with E-state index in [4.69, 9.17) is 4.74 Å². The number of anilines is 1. The SMILES string of the molecule is COc1ccc(C(C)Nc2cnc(C)c(C)n2)cc1. The van der Waals surface area contributed by atoms with Crippen LogP contribution in [0.1, 0.15) is 29.9 Å². The minimum atomic E-state index is 0.169. The summed E-state index contributed by atoms with van der Waals surface area (Å²) in [7, 11) is 1.67. The molecule has 1 aromatic carbocycles. The van der Waals surface area contributed by atoms with E-state index in [0.29, 0.717) is 0 Å². The lowest BCUT2D eigenvalue weighted by Crippen LogP contribution is -2.09. The van der Waals surface area contributed by atoms with Crippen molar-refractivity contribution in [1.29, 1.82) is 0 Å². The van der Waals surface area contributed by atoms with Gasteiger partial charge in [-0.2, -0.15) is 0 Å². The van der Waals surface area contributed by atoms with Gasteiger partial charge in [-0.25, -0.2) is 4.98 Å². The van der Waals surface area contributed by atoms with E-state index in [0.717, 1.165) is 23.0 Å². The molecule has 1 atom stereocenters. The highest BCUT2D eigenvalue weighted by Gasteiger charge is 2.07. The first-order valence-electron chi connectivity index (χ1n) is 6.31. The number of rotatable bonds is 4. The molecule has 0 fully saturated rings. The summed E-state index contributed by atoms with van der Waals surface area (Å²) in [6.45, 7) is 6.02. The Kier molecular flexibility index (Phi) is 4.00. The summed E-state index contributed by atoms with van der Waals surface area (Å²) in [4.78, 5) is 8.78. The number of hydrogen-bond acceptors (Lipinski definition) is 4. The van der Waals surface area contributed by atoms with E-state index in [9.17, 15) is 0 Å². The van der Waals surface area contributed by atoms with Crippen molar-refractivity contribution in [1.82, 2.24) is 9.97 Å². The van der Waals surface area contributed by atoms with Gasteiger partial charge in [-0.05, 0) is 38.5 Å². The van der Waals surface area contributed by atoms with Gasteiger partial charge in [-0.3, -0.25) is 4.98 Å². The number of hydrogen-bond donors (Lipinski definition) is 1. The second kappa shape index (κ2) is 5.69. The molecule has 0 radical (unpaired) electrons. The Labute approximate surface area is 113 Å². The molecule has 4 nitrogen and oxygen atoms in total. The molecule has 0 aliphatic heterocycles. The molecular formula is C15H19N3O. The summed E-state index contributed by atoms with van der Waals surface area (Å²) in [6, 6.07) is 8.18. The third kappa shape index (κ3) is 3.22. The minimum Gasteiger partial charge on any atom is -0.497 e. The first-order chi connectivity index (χ1) is 9.10. The van der Waals surface area contributed by atoms with Crippen LogP contribution >= 0.6 is 0 Å². The van der Waals surface area contributed by atoms with Gasteiger partial charge in [0.1, 0.15) is 11.6 Å². The zero-order valence-corrected chi connectivity index (χ0v) is 11.8. The number of nitrogens with zero attached hydrogens (tertiary/aromatic N) is 2. The summed E-state index contributed by atoms with van der Waals surface area (Å²) >= 11 is 0. The van der Waals surface area contributed by atoms with Crippen LogP contribution in [0, 0.1) is 13.8 Å². The van der Waals surface area contributed by atoms with Crippen molar-refractivity contribution in [2.75, 3.05) is 12.4 Å². The van der Waals surface area contributed by atoms with Gasteiger partial charge in [0.25, 0.3) is 0 Å². The van der Waals surface area contributed by atoms with E-state index >= 15 is 0 Å². The molecule has 0 bridgehead atoms. The maximum absolute atomic E-state index is 5.15. The van der Waals surface area contributed by atoms with Crippen molar-refractivity contribution in [2.24, 2.45) is 0 Å². The number of benzene rings is 1. The Morgan fingerprint density at radius 1 is 1.11 bits per heavy atom. The van der Waals surface area contributed by atoms with Gasteiger partial charge in [-0.15, -0.1) is 0 Å². The van der Waals surface area contributed by atoms with Crippen LogP contribution in [0.5, 0.6) is 5.75 Å². The van der Waals surface area contributed by atoms with Gasteiger partial charge in [0.2, 0.25) is 0 Å². The summed E-state index contributed by atoms with van der Waals surface area (Å²) in [5.74, 6) is 1.66. The molecule has 0 spiro atoms. The fourth-order valence-corrected chi connectivity index (χ4v) is 1.81. The average molecular weight is 257 g/mol. The standard InChI is InChI=1S/C15H19N3O/c1-10-11(2)17-15(9-16-10)18-12(3)13-5-7-14(19-4)8-6-13/h5-9,12H,1-4H3,(H,17,18). The molecule has 1 unspecified atom stereocenters. The summed E-state index contributed by atoms with van der Waals surface area (Å²) in [6.07, 6.45) is 1.77. The van der Waals surface area contributed by atoms with Gasteiger partial charge in [0, 0.05) is 6.04 Å². The molecule has 0 aliphatic rings. The Balaban J connectivity index is 2.10. The van der Waals surface area contributed by atoms with E-state index in [2.05, 4.69) is 22.2 Å². The maximum atomic E-state index is 5.15. The average Bonchev–Trinajstić information content (AvgIpc) is 2.43. The van der Waals surface area contributed by atoms with Crippen molar-refractivity contribution < 1.29 is 4.74 Å². The van der Waals surface area contributed by atoms with E-state index in [1.807, 2.05) is 38.1 Å². The van der Waals surface area contributed by atoms with Crippen molar-refractivity contribution >= 4 is 5.82 Å². The molecule has 19 heavy (non-hydrogen) atoms. The molecule has 1 aromatic heterocycles. The fourth-order valence-electron chi connectivity index (χ4n) is 1.81. The quantitative estimate of drug-likeness (QED) is 0.913. The molecule has 2 rings (SSSR count). The third-order valence-electron chi connectivity index (χ3n) is 3.17. The van der Waals surface area contributed by atoms with Crippen molar-refractivity contribution in [3.63, 3.8) is 0 Å². The molecule has 0 saturated heterocycles. The molecule has 0 aliphatic carbocycles. The van der Waals surface area contributed by atoms with Crippen molar-refractivity contribution in [2.45, 2.75) is 26.8 Å². The zero-order valence-electron chi connectivity index (χ0n) is 11.8. The van der Waals surface area contributed by atoms with Crippen LogP contribution in [0.2, 0.25) is 0 Å². The third-order valence-corrected chi connectivity index (χ3v) is 3.17. The predicted octanol–water partition coefficient (Wildman–Crippen LogP) is 3.28. The highest BCUT2D eigenvalue weighted by atomic mass is 16.5. The van der Waals surface area contributed by atoms with Crippen LogP contribution in [0.25, 0.3) is 0 Å². The van der Waals surface area contributed by atoms with Gasteiger partial charge in [0.05, 0.1) is 24.7 Å². The molecule has 1 N–H and O–H groups in total. The van der Waals surface area contributed by atoms with Gasteiger partial charge >= 0.3 is 0 Å². The largest absolute Gasteiger partial charge is 0.497 e. The van der Waals surface area contributed by atoms with E-state index in [1.54, 1.807) is 13.3 Å². The van der Waals surface area contributed by atoms with Gasteiger partial charge in [-0.1, -0.05) is 12.1 Å². The second-order valence-electron chi connectivity index (χ2n) is 4.57. The minimum absolute atomic E-state index is 0.169. The van der Waals surface area contributed by atoms with E-state index in [1.165, 1.54) is 5.56 Å². The van der Waals surface area contributed by atoms with E-state index < -0.39 is 0 Å². The number of ether oxygens (including phenoxy) is 1. The highest BCUT2D eigenvalue weighted by molar-refractivity contribution is 5.38. The molecule has 2 aromatic rings. The molecule has 1 heterocycles. The van der Waals surface area contributed by atoms with Crippen molar-refractivity contribution in [3.05, 3.63) is 47.4 Å². The second-order valence-corrected chi connectivity index (χ2v) is 4.57. The number of aromatic nitrogens is 2. The lowest BCUT2D eigenvalue weighted by Gasteiger charge is -2.15. The summed E-state index contributed by atoms with van der Waals surface area (Å²) in [5, 5.41) is 3.35. The van der Waals surface area contributed by atoms with Crippen LogP contribution in [0.4, 0.5) is 5.82 Å². The number of nitrogens with one attached hydrogen (secondary N) is 1. The van der Waals surface area contributed by atoms with Gasteiger partial charge < -0.3 is 10.1 Å². The predicted molar refractivity (Wildman–Crippen MR) is 76.5 cm³/mol. The molecular weight excluding hydrogens is 238 g/mol. The normalized spacial score (nSPS) is 12.0. The van der Waals surface area contributed by atoms with Crippen LogP contribution in [-0.2, 0) is 0 Å². The van der Waals surface area contributed by atoms with E-state index in [-0.39, 0.29) is 6.04 Å². The molecule has 4 heteroatoms. The van der Waals surface area contributed by atoms with Gasteiger partial charge in [0.15, 0.2) is 0 Å². The van der Waals surface area contributed by atoms with Crippen LogP contribution in [0.15, 0.2) is 30.5 Å². The van der Waals surface area contributed by atoms with Crippen LogP contribution in [0.3, 0.4) is 0 Å². The molecule has 100 valence electrons. The first-order valence-corrected chi connectivity index (χ1v) is 6.31. The molecule has 0 saturated carbocycles. The topological polar surface area (TPSA) is 47.0 Å². The summed E-state index contributed by atoms with van der Waals surface area (Å²) in [5.41, 5.74) is 3.09. The molecule has 0 amide bonds. The number of methoxy groups -OCH3 is 1. The first kappa shape index (κ1) is 13.3. The van der Waals surface area contributed by atoms with Crippen molar-refractivity contribution in [3.8, 4) is 5.75 Å². The summed E-state index contributed by atoms with van der Waals surface area (Å²) < 4.78 is 5.15. The smallest absolute Gasteiger partial charge is 0.145 e. The Hall–Kier alpha value is -2.10. The van der Waals surface area contributed by atoms with Crippen LogP contribution < -0.4 is 10.1 Å². The highest BCUT2D eigenvalue weighted by Crippen LogP contribution is 2.20. The maximum Gasteiger partial charge on any atom is 0.145 e. The Morgan fingerprint density at radius 2 is 1.79 bits per heavy atom. The lowest BCUT2D eigenvalue weighted by atomic mass is 10.1.